The van der Waals surface area contributed by atoms with Gasteiger partial charge in [-0.1, -0.05) is 29.3 Å². The predicted octanol–water partition coefficient (Wildman–Crippen LogP) is 5.13. The molecule has 1 heterocycles. The molecule has 17 heavy (non-hydrogen) atoms. The number of hydrogen-bond donors (Lipinski definition) is 1. The van der Waals surface area contributed by atoms with Gasteiger partial charge in [0.15, 0.2) is 0 Å². The van der Waals surface area contributed by atoms with E-state index < -0.39 is 0 Å². The van der Waals surface area contributed by atoms with Gasteiger partial charge in [-0.15, -0.1) is 11.3 Å². The van der Waals surface area contributed by atoms with Crippen LogP contribution in [0.1, 0.15) is 16.5 Å². The average Bonchev–Trinajstić information content (AvgIpc) is 2.70. The molecule has 2 aromatic rings. The molecule has 1 aromatic heterocycles. The maximum absolute atomic E-state index is 6.24. The van der Waals surface area contributed by atoms with Gasteiger partial charge in [0.2, 0.25) is 0 Å². The first-order chi connectivity index (χ1) is 8.15. The Morgan fingerprint density at radius 3 is 2.35 bits per heavy atom. The van der Waals surface area contributed by atoms with E-state index in [0.717, 1.165) is 10.0 Å². The monoisotopic (exact) mass is 349 g/mol. The molecule has 0 bridgehead atoms. The minimum absolute atomic E-state index is 0.00516. The molecule has 0 spiro atoms. The number of nitrogens with one attached hydrogen (secondary N) is 1. The SMILES string of the molecule is CNC(c1sccc1Br)c1c(Cl)cccc1Cl. The van der Waals surface area contributed by atoms with E-state index in [-0.39, 0.29) is 6.04 Å². The van der Waals surface area contributed by atoms with E-state index in [1.807, 2.05) is 36.7 Å². The first-order valence-electron chi connectivity index (χ1n) is 4.99. The Bertz CT molecular complexity index is 507. The molecule has 0 amide bonds. The van der Waals surface area contributed by atoms with E-state index in [0.29, 0.717) is 10.0 Å². The number of rotatable bonds is 3. The topological polar surface area (TPSA) is 12.0 Å². The molecule has 0 aliphatic carbocycles. The van der Waals surface area contributed by atoms with Crippen LogP contribution in [0.25, 0.3) is 0 Å². The molecule has 1 unspecified atom stereocenters. The summed E-state index contributed by atoms with van der Waals surface area (Å²) in [5.74, 6) is 0. The van der Waals surface area contributed by atoms with Crippen molar-refractivity contribution < 1.29 is 0 Å². The lowest BCUT2D eigenvalue weighted by Gasteiger charge is -2.18. The van der Waals surface area contributed by atoms with Crippen molar-refractivity contribution in [2.24, 2.45) is 0 Å². The first kappa shape index (κ1) is 13.4. The Morgan fingerprint density at radius 2 is 1.88 bits per heavy atom. The normalized spacial score (nSPS) is 12.7. The molecule has 1 aromatic carbocycles. The molecule has 0 saturated heterocycles. The maximum atomic E-state index is 6.24. The third-order valence-electron chi connectivity index (χ3n) is 2.48. The van der Waals surface area contributed by atoms with Crippen molar-refractivity contribution in [3.05, 3.63) is 54.6 Å². The summed E-state index contributed by atoms with van der Waals surface area (Å²) < 4.78 is 1.07. The van der Waals surface area contributed by atoms with Gasteiger partial charge in [-0.2, -0.15) is 0 Å². The van der Waals surface area contributed by atoms with Gasteiger partial charge < -0.3 is 5.32 Å². The lowest BCUT2D eigenvalue weighted by molar-refractivity contribution is 0.702. The van der Waals surface area contributed by atoms with Gasteiger partial charge in [-0.25, -0.2) is 0 Å². The van der Waals surface area contributed by atoms with Crippen LogP contribution in [-0.2, 0) is 0 Å². The zero-order chi connectivity index (χ0) is 12.4. The zero-order valence-electron chi connectivity index (χ0n) is 9.01. The molecule has 0 radical (unpaired) electrons. The first-order valence-corrected chi connectivity index (χ1v) is 7.42. The highest BCUT2D eigenvalue weighted by molar-refractivity contribution is 9.10. The van der Waals surface area contributed by atoms with Crippen molar-refractivity contribution in [1.82, 2.24) is 5.32 Å². The molecule has 1 atom stereocenters. The highest BCUT2D eigenvalue weighted by Gasteiger charge is 2.21. The second kappa shape index (κ2) is 5.72. The summed E-state index contributed by atoms with van der Waals surface area (Å²) in [5.41, 5.74) is 0.918. The van der Waals surface area contributed by atoms with Gasteiger partial charge in [0.1, 0.15) is 0 Å². The van der Waals surface area contributed by atoms with Crippen LogP contribution >= 0.6 is 50.5 Å². The minimum Gasteiger partial charge on any atom is -0.309 e. The third-order valence-corrected chi connectivity index (χ3v) is 5.08. The van der Waals surface area contributed by atoms with E-state index in [1.54, 1.807) is 11.3 Å². The van der Waals surface area contributed by atoms with E-state index in [1.165, 1.54) is 4.88 Å². The van der Waals surface area contributed by atoms with Crippen molar-refractivity contribution in [3.8, 4) is 0 Å². The van der Waals surface area contributed by atoms with Crippen LogP contribution in [0.3, 0.4) is 0 Å². The summed E-state index contributed by atoms with van der Waals surface area (Å²) in [7, 11) is 1.90. The molecular weight excluding hydrogens is 341 g/mol. The summed E-state index contributed by atoms with van der Waals surface area (Å²) in [6.45, 7) is 0. The van der Waals surface area contributed by atoms with Crippen LogP contribution in [0.5, 0.6) is 0 Å². The fourth-order valence-corrected chi connectivity index (χ4v) is 4.04. The highest BCUT2D eigenvalue weighted by atomic mass is 79.9. The van der Waals surface area contributed by atoms with Crippen molar-refractivity contribution in [3.63, 3.8) is 0 Å². The molecule has 2 rings (SSSR count). The second-order valence-corrected chi connectivity index (χ2v) is 6.11. The number of halogens is 3. The Hall–Kier alpha value is -0.0600. The van der Waals surface area contributed by atoms with E-state index >= 15 is 0 Å². The Balaban J connectivity index is 2.53. The molecule has 0 aliphatic heterocycles. The summed E-state index contributed by atoms with van der Waals surface area (Å²) in [5, 5.41) is 6.65. The van der Waals surface area contributed by atoms with Gasteiger partial charge in [0.25, 0.3) is 0 Å². The van der Waals surface area contributed by atoms with Gasteiger partial charge in [-0.05, 0) is 46.6 Å². The second-order valence-electron chi connectivity index (χ2n) is 3.49. The minimum atomic E-state index is 0.00516. The summed E-state index contributed by atoms with van der Waals surface area (Å²) in [6, 6.07) is 7.59. The molecule has 1 nitrogen and oxygen atoms in total. The average molecular weight is 351 g/mol. The molecule has 1 N–H and O–H groups in total. The molecule has 0 saturated carbocycles. The number of thiophene rings is 1. The highest BCUT2D eigenvalue weighted by Crippen LogP contribution is 2.38. The van der Waals surface area contributed by atoms with Gasteiger partial charge in [0.05, 0.1) is 6.04 Å². The Morgan fingerprint density at radius 1 is 1.24 bits per heavy atom. The smallest absolute Gasteiger partial charge is 0.0709 e. The summed E-state index contributed by atoms with van der Waals surface area (Å²) in [4.78, 5) is 1.17. The van der Waals surface area contributed by atoms with E-state index in [4.69, 9.17) is 23.2 Å². The maximum Gasteiger partial charge on any atom is 0.0709 e. The van der Waals surface area contributed by atoms with Crippen LogP contribution in [0, 0.1) is 0 Å². The van der Waals surface area contributed by atoms with Crippen LogP contribution in [0.2, 0.25) is 10.0 Å². The van der Waals surface area contributed by atoms with Crippen molar-refractivity contribution in [1.29, 1.82) is 0 Å². The van der Waals surface area contributed by atoms with Crippen molar-refractivity contribution in [2.45, 2.75) is 6.04 Å². The third kappa shape index (κ3) is 2.69. The number of benzene rings is 1. The largest absolute Gasteiger partial charge is 0.309 e. The fourth-order valence-electron chi connectivity index (χ4n) is 1.70. The van der Waals surface area contributed by atoms with Crippen LogP contribution in [0.15, 0.2) is 34.1 Å². The van der Waals surface area contributed by atoms with E-state index in [2.05, 4.69) is 21.2 Å². The van der Waals surface area contributed by atoms with Crippen LogP contribution < -0.4 is 5.32 Å². The predicted molar refractivity (Wildman–Crippen MR) is 79.4 cm³/mol. The van der Waals surface area contributed by atoms with Crippen molar-refractivity contribution >= 4 is 50.5 Å². The fraction of sp³-hybridized carbons (Fsp3) is 0.167. The van der Waals surface area contributed by atoms with Gasteiger partial charge >= 0.3 is 0 Å². The van der Waals surface area contributed by atoms with Crippen molar-refractivity contribution in [2.75, 3.05) is 7.05 Å². The molecule has 0 aliphatic rings. The molecule has 0 fully saturated rings. The Labute approximate surface area is 123 Å². The molecule has 5 heteroatoms. The number of hydrogen-bond acceptors (Lipinski definition) is 2. The summed E-state index contributed by atoms with van der Waals surface area (Å²) >= 11 is 17.7. The molecule has 90 valence electrons. The molecular formula is C12H10BrCl2NS. The van der Waals surface area contributed by atoms with E-state index in [9.17, 15) is 0 Å². The van der Waals surface area contributed by atoms with Crippen LogP contribution in [-0.4, -0.2) is 7.05 Å². The lowest BCUT2D eigenvalue weighted by Crippen LogP contribution is -2.17. The summed E-state index contributed by atoms with van der Waals surface area (Å²) in [6.07, 6.45) is 0. The Kier molecular flexibility index (Phi) is 4.50. The standard InChI is InChI=1S/C12H10BrCl2NS/c1-16-11(12-7(13)5-6-17-12)10-8(14)3-2-4-9(10)15/h2-6,11,16H,1H3. The van der Waals surface area contributed by atoms with Gasteiger partial charge in [-0.3, -0.25) is 0 Å². The van der Waals surface area contributed by atoms with Crippen LogP contribution in [0.4, 0.5) is 0 Å². The zero-order valence-corrected chi connectivity index (χ0v) is 12.9. The van der Waals surface area contributed by atoms with Gasteiger partial charge in [0, 0.05) is 25.0 Å². The lowest BCUT2D eigenvalue weighted by atomic mass is 10.1. The quantitative estimate of drug-likeness (QED) is 0.809.